The fourth-order valence-corrected chi connectivity index (χ4v) is 88.8. The van der Waals surface area contributed by atoms with Crippen LogP contribution in [-0.2, 0) is 6.51 Å². The van der Waals surface area contributed by atoms with E-state index in [1.54, 1.807) is 0 Å². The Hall–Kier alpha value is -0.171. The second kappa shape index (κ2) is 0.282. The zero-order valence-electron chi connectivity index (χ0n) is 7.39. The van der Waals surface area contributed by atoms with E-state index in [1.165, 1.54) is 33.7 Å². The standard InChI is InChI=1S/C5H4N3.C5H5.Fe/c6-8-7-5-3-1-2-4-5;1-2-4-5-3-1;/h1-4H;1-5H;. The van der Waals surface area contributed by atoms with Gasteiger partial charge >= 0.3 is 69.9 Å². The van der Waals surface area contributed by atoms with Gasteiger partial charge in [0.15, 0.2) is 0 Å². The van der Waals surface area contributed by atoms with Crippen LogP contribution >= 0.6 is 0 Å². The first-order valence-corrected chi connectivity index (χ1v) is 12.2. The van der Waals surface area contributed by atoms with Gasteiger partial charge in [-0.15, -0.1) is 0 Å². The summed E-state index contributed by atoms with van der Waals surface area (Å²) in [6.45, 7) is -2.96. The molecule has 4 heteroatoms. The molecule has 0 saturated carbocycles. The van der Waals surface area contributed by atoms with Gasteiger partial charge in [-0.1, -0.05) is 0 Å². The predicted molar refractivity (Wildman–Crippen MR) is 45.6 cm³/mol. The van der Waals surface area contributed by atoms with Crippen molar-refractivity contribution in [3.8, 4) is 0 Å². The molecule has 0 radical (unpaired) electrons. The maximum atomic E-state index is 8.89. The van der Waals surface area contributed by atoms with Crippen molar-refractivity contribution in [2.24, 2.45) is 5.11 Å². The zero-order valence-corrected chi connectivity index (χ0v) is 8.50. The first-order valence-electron chi connectivity index (χ1n) is 5.88. The minimum atomic E-state index is -2.96. The number of hydrogen-bond donors (Lipinski definition) is 0. The van der Waals surface area contributed by atoms with Gasteiger partial charge in [0.1, 0.15) is 0 Å². The monoisotopic (exact) mass is 227 g/mol. The molecule has 4 atom stereocenters. The SMILES string of the molecule is [N-]=[N+]=N[C]12[CH]3[CH]4[CH]5[CH]1[Fe]45321678[CH]2[CH]1[CH]6[CH]7[CH]28. The van der Waals surface area contributed by atoms with E-state index in [-0.39, 0.29) is 0 Å². The molecule has 0 N–H and O–H groups in total. The van der Waals surface area contributed by atoms with Gasteiger partial charge in [-0.3, -0.25) is 0 Å². The van der Waals surface area contributed by atoms with Gasteiger partial charge in [-0.05, 0) is 0 Å². The van der Waals surface area contributed by atoms with Crippen LogP contribution in [0.5, 0.6) is 0 Å². The molecule has 10 aliphatic rings. The van der Waals surface area contributed by atoms with E-state index in [0.717, 1.165) is 9.63 Å². The Bertz CT molecular complexity index is 875. The summed E-state index contributed by atoms with van der Waals surface area (Å²) in [7, 11) is 0. The molecule has 10 rings (SSSR count). The Morgan fingerprint density at radius 2 is 1.43 bits per heavy atom. The number of azide groups is 1. The van der Waals surface area contributed by atoms with Crippen molar-refractivity contribution in [1.29, 1.82) is 0 Å². The van der Waals surface area contributed by atoms with Crippen molar-refractivity contribution in [1.82, 2.24) is 0 Å². The summed E-state index contributed by atoms with van der Waals surface area (Å²) in [5.74, 6) is 0. The Morgan fingerprint density at radius 1 is 0.929 bits per heavy atom. The van der Waals surface area contributed by atoms with Crippen molar-refractivity contribution < 1.29 is 6.51 Å². The summed E-state index contributed by atoms with van der Waals surface area (Å²) in [5, 5.41) is 4.50. The molecule has 10 heterocycles. The van der Waals surface area contributed by atoms with Crippen LogP contribution in [0.4, 0.5) is 0 Å². The molecular formula is C10H9FeN3. The quantitative estimate of drug-likeness (QED) is 0.284. The Kier molecular flexibility index (Phi) is 0.0879. The molecule has 10 fully saturated rings. The third-order valence-electron chi connectivity index (χ3n) is 14.8. The molecule has 10 saturated heterocycles. The molecule has 4 unspecified atom stereocenters. The molecule has 0 aromatic heterocycles. The van der Waals surface area contributed by atoms with E-state index in [0.29, 0.717) is 4.44 Å². The number of nitrogens with zero attached hydrogens (tertiary/aromatic N) is 3. The first-order chi connectivity index (χ1) is 6.61. The molecule has 0 bridgehead atoms. The first kappa shape index (κ1) is 4.37. The molecule has 0 aromatic rings. The van der Waals surface area contributed by atoms with Crippen LogP contribution in [0.1, 0.15) is 0 Å². The molecule has 72 valence electrons. The van der Waals surface area contributed by atoms with Crippen LogP contribution in [0.25, 0.3) is 10.4 Å². The topological polar surface area (TPSA) is 48.8 Å². The zero-order chi connectivity index (χ0) is 8.43. The van der Waals surface area contributed by atoms with Crippen LogP contribution in [0, 0.1) is 0 Å². The van der Waals surface area contributed by atoms with Gasteiger partial charge in [0.05, 0.1) is 0 Å². The predicted octanol–water partition coefficient (Wildman–Crippen LogP) is 3.59. The summed E-state index contributed by atoms with van der Waals surface area (Å²) >= 11 is 0. The summed E-state index contributed by atoms with van der Waals surface area (Å²) in [4.78, 5) is 14.7. The van der Waals surface area contributed by atoms with E-state index in [1.807, 2.05) is 0 Å². The van der Waals surface area contributed by atoms with E-state index in [2.05, 4.69) is 10.0 Å². The van der Waals surface area contributed by atoms with Crippen LogP contribution < -0.4 is 0 Å². The van der Waals surface area contributed by atoms with Crippen LogP contribution in [0.3, 0.4) is 0 Å². The maximum absolute atomic E-state index is 8.89. The van der Waals surface area contributed by atoms with E-state index >= 15 is 0 Å². The number of hydrogen-bond acceptors (Lipinski definition) is 1. The van der Waals surface area contributed by atoms with Crippen LogP contribution in [0.2, 0.25) is 43.3 Å². The van der Waals surface area contributed by atoms with E-state index in [9.17, 15) is 0 Å². The number of rotatable bonds is 1. The third-order valence-corrected chi connectivity index (χ3v) is 56.8. The molecule has 0 aromatic carbocycles. The van der Waals surface area contributed by atoms with Crippen molar-refractivity contribution >= 4 is 0 Å². The van der Waals surface area contributed by atoms with Crippen molar-refractivity contribution in [2.45, 2.75) is 47.8 Å². The Balaban J connectivity index is 1.98. The van der Waals surface area contributed by atoms with Gasteiger partial charge in [0.2, 0.25) is 0 Å². The molecular weight excluding hydrogens is 218 g/mol. The van der Waals surface area contributed by atoms with Crippen LogP contribution in [0.15, 0.2) is 5.11 Å². The summed E-state index contributed by atoms with van der Waals surface area (Å²) in [6.07, 6.45) is 0. The molecule has 10 aliphatic heterocycles. The summed E-state index contributed by atoms with van der Waals surface area (Å²) in [6, 6.07) is 0. The van der Waals surface area contributed by atoms with E-state index < -0.39 is 6.51 Å². The minimum absolute atomic E-state index is 0.452. The third kappa shape index (κ3) is 0.0295. The average molecular weight is 227 g/mol. The van der Waals surface area contributed by atoms with Crippen molar-refractivity contribution in [2.75, 3.05) is 0 Å². The number of fused-ring (bicyclic) bond motifs is 10. The normalized spacial score (nSPS) is 141. The molecule has 0 aliphatic carbocycles. The molecule has 1 spiro atoms. The van der Waals surface area contributed by atoms with Gasteiger partial charge in [0, 0.05) is 0 Å². The Labute approximate surface area is 70.1 Å². The van der Waals surface area contributed by atoms with E-state index in [4.69, 9.17) is 5.53 Å². The fourth-order valence-electron chi connectivity index (χ4n) is 16.4. The molecule has 3 nitrogen and oxygen atoms in total. The Morgan fingerprint density at radius 3 is 1.64 bits per heavy atom. The summed E-state index contributed by atoms with van der Waals surface area (Å²) in [5.41, 5.74) is 8.89. The fraction of sp³-hybridized carbons (Fsp3) is 1.00. The van der Waals surface area contributed by atoms with Gasteiger partial charge in [-0.25, -0.2) is 0 Å². The molecule has 14 heavy (non-hydrogen) atoms. The van der Waals surface area contributed by atoms with Crippen LogP contribution in [-0.4, -0.2) is 4.44 Å². The van der Waals surface area contributed by atoms with Crippen molar-refractivity contribution in [3.05, 3.63) is 10.4 Å². The summed E-state index contributed by atoms with van der Waals surface area (Å²) < 4.78 is 0.452. The molecule has 0 amide bonds. The van der Waals surface area contributed by atoms with Gasteiger partial charge < -0.3 is 0 Å². The van der Waals surface area contributed by atoms with Gasteiger partial charge in [0.25, 0.3) is 0 Å². The second-order valence-corrected chi connectivity index (χ2v) is 33.4. The average Bonchev–Trinajstić information content (AvgIpc) is 3.14. The van der Waals surface area contributed by atoms with Crippen molar-refractivity contribution in [3.63, 3.8) is 0 Å². The second-order valence-electron chi connectivity index (χ2n) is 9.83. The van der Waals surface area contributed by atoms with Gasteiger partial charge in [-0.2, -0.15) is 0 Å².